The van der Waals surface area contributed by atoms with Gasteiger partial charge in [0.25, 0.3) is 0 Å². The highest BCUT2D eigenvalue weighted by Gasteiger charge is 2.04. The Morgan fingerprint density at radius 2 is 2.10 bits per heavy atom. The first-order chi connectivity index (χ1) is 9.72. The number of rotatable bonds is 4. The maximum atomic E-state index is 5.55. The van der Waals surface area contributed by atoms with E-state index in [1.165, 1.54) is 0 Å². The number of aromatic nitrogens is 4. The smallest absolute Gasteiger partial charge is 0.143 e. The number of furan rings is 1. The van der Waals surface area contributed by atoms with Crippen LogP contribution < -0.4 is 5.32 Å². The van der Waals surface area contributed by atoms with Crippen LogP contribution in [0.4, 0.5) is 5.69 Å². The molecule has 0 unspecified atom stereocenters. The number of anilines is 1. The number of nitrogens with zero attached hydrogens (tertiary/aromatic N) is 4. The van der Waals surface area contributed by atoms with E-state index in [2.05, 4.69) is 27.8 Å². The van der Waals surface area contributed by atoms with E-state index in [1.54, 1.807) is 11.0 Å². The van der Waals surface area contributed by atoms with E-state index < -0.39 is 0 Å². The summed E-state index contributed by atoms with van der Waals surface area (Å²) in [7, 11) is 0. The molecule has 0 spiro atoms. The second kappa shape index (κ2) is 5.16. The topological polar surface area (TPSA) is 68.8 Å². The van der Waals surface area contributed by atoms with E-state index in [0.717, 1.165) is 28.5 Å². The molecule has 1 N–H and O–H groups in total. The summed E-state index contributed by atoms with van der Waals surface area (Å²) in [4.78, 5) is 0. The first-order valence-corrected chi connectivity index (χ1v) is 6.35. The van der Waals surface area contributed by atoms with Crippen molar-refractivity contribution in [2.75, 3.05) is 5.32 Å². The van der Waals surface area contributed by atoms with Gasteiger partial charge in [0.05, 0.1) is 12.2 Å². The normalized spacial score (nSPS) is 10.7. The third-order valence-electron chi connectivity index (χ3n) is 3.08. The largest absolute Gasteiger partial charge is 0.465 e. The fourth-order valence-electron chi connectivity index (χ4n) is 1.99. The summed E-state index contributed by atoms with van der Waals surface area (Å²) in [6.45, 7) is 4.64. The van der Waals surface area contributed by atoms with Gasteiger partial charge in [-0.25, -0.2) is 4.68 Å². The van der Waals surface area contributed by atoms with Gasteiger partial charge in [0.1, 0.15) is 17.8 Å². The summed E-state index contributed by atoms with van der Waals surface area (Å²) < 4.78 is 7.17. The number of tetrazole rings is 1. The maximum Gasteiger partial charge on any atom is 0.143 e. The van der Waals surface area contributed by atoms with Gasteiger partial charge in [0.15, 0.2) is 0 Å². The molecule has 102 valence electrons. The lowest BCUT2D eigenvalue weighted by Gasteiger charge is -2.10. The molecule has 0 aliphatic rings. The predicted octanol–water partition coefficient (Wildman–Crippen LogP) is 2.48. The van der Waals surface area contributed by atoms with Gasteiger partial charge in [0.2, 0.25) is 0 Å². The average molecular weight is 269 g/mol. The first kappa shape index (κ1) is 12.4. The van der Waals surface area contributed by atoms with Crippen LogP contribution in [0.1, 0.15) is 17.1 Å². The highest BCUT2D eigenvalue weighted by atomic mass is 16.3. The van der Waals surface area contributed by atoms with Gasteiger partial charge >= 0.3 is 0 Å². The van der Waals surface area contributed by atoms with E-state index in [4.69, 9.17) is 4.42 Å². The minimum atomic E-state index is 0.647. The standard InChI is InChI=1S/C14H15N5O/c1-10-3-5-12(19-9-16-17-18-19)7-14(10)15-8-13-6-4-11(2)20-13/h3-7,9,15H,8H2,1-2H3. The summed E-state index contributed by atoms with van der Waals surface area (Å²) >= 11 is 0. The molecule has 0 fully saturated rings. The average Bonchev–Trinajstić information content (AvgIpc) is 3.09. The molecular weight excluding hydrogens is 254 g/mol. The molecule has 0 aliphatic carbocycles. The zero-order chi connectivity index (χ0) is 13.9. The van der Waals surface area contributed by atoms with Crippen LogP contribution in [0.25, 0.3) is 5.69 Å². The molecule has 0 radical (unpaired) electrons. The molecule has 2 heterocycles. The van der Waals surface area contributed by atoms with Crippen molar-refractivity contribution in [2.24, 2.45) is 0 Å². The Morgan fingerprint density at radius 1 is 1.20 bits per heavy atom. The summed E-state index contributed by atoms with van der Waals surface area (Å²) in [5, 5.41) is 14.5. The molecule has 2 aromatic heterocycles. The van der Waals surface area contributed by atoms with E-state index >= 15 is 0 Å². The van der Waals surface area contributed by atoms with Gasteiger partial charge in [-0.2, -0.15) is 0 Å². The summed E-state index contributed by atoms with van der Waals surface area (Å²) in [5.41, 5.74) is 3.11. The number of hydrogen-bond acceptors (Lipinski definition) is 5. The molecule has 0 saturated heterocycles. The van der Waals surface area contributed by atoms with Crippen LogP contribution in [0.15, 0.2) is 41.1 Å². The molecule has 1 aromatic carbocycles. The minimum absolute atomic E-state index is 0.647. The van der Waals surface area contributed by atoms with Crippen LogP contribution in [0, 0.1) is 13.8 Å². The van der Waals surface area contributed by atoms with Crippen LogP contribution in [-0.4, -0.2) is 20.2 Å². The zero-order valence-corrected chi connectivity index (χ0v) is 11.4. The molecule has 3 aromatic rings. The lowest BCUT2D eigenvalue weighted by atomic mass is 10.2. The van der Waals surface area contributed by atoms with Crippen molar-refractivity contribution in [3.8, 4) is 5.69 Å². The van der Waals surface area contributed by atoms with Crippen molar-refractivity contribution in [3.63, 3.8) is 0 Å². The van der Waals surface area contributed by atoms with Crippen molar-refractivity contribution in [1.29, 1.82) is 0 Å². The van der Waals surface area contributed by atoms with Gasteiger partial charge in [-0.1, -0.05) is 6.07 Å². The van der Waals surface area contributed by atoms with E-state index in [1.807, 2.05) is 37.3 Å². The second-order valence-corrected chi connectivity index (χ2v) is 4.62. The Balaban J connectivity index is 1.80. The quantitative estimate of drug-likeness (QED) is 0.788. The number of benzene rings is 1. The molecule has 20 heavy (non-hydrogen) atoms. The fourth-order valence-corrected chi connectivity index (χ4v) is 1.99. The van der Waals surface area contributed by atoms with Gasteiger partial charge in [-0.3, -0.25) is 0 Å². The van der Waals surface area contributed by atoms with Crippen molar-refractivity contribution < 1.29 is 4.42 Å². The first-order valence-electron chi connectivity index (χ1n) is 6.35. The lowest BCUT2D eigenvalue weighted by Crippen LogP contribution is -2.02. The van der Waals surface area contributed by atoms with Gasteiger partial charge < -0.3 is 9.73 Å². The van der Waals surface area contributed by atoms with Crippen LogP contribution >= 0.6 is 0 Å². The SMILES string of the molecule is Cc1ccc(CNc2cc(-n3cnnn3)ccc2C)o1. The van der Waals surface area contributed by atoms with Gasteiger partial charge in [-0.05, 0) is 54.1 Å². The monoisotopic (exact) mass is 269 g/mol. The molecule has 0 amide bonds. The van der Waals surface area contributed by atoms with Crippen LogP contribution in [0.3, 0.4) is 0 Å². The molecule has 0 atom stereocenters. The van der Waals surface area contributed by atoms with Crippen LogP contribution in [-0.2, 0) is 6.54 Å². The maximum absolute atomic E-state index is 5.55. The number of hydrogen-bond donors (Lipinski definition) is 1. The molecule has 0 bridgehead atoms. The summed E-state index contributed by atoms with van der Waals surface area (Å²) in [6.07, 6.45) is 1.57. The lowest BCUT2D eigenvalue weighted by molar-refractivity contribution is 0.490. The van der Waals surface area contributed by atoms with E-state index in [-0.39, 0.29) is 0 Å². The zero-order valence-electron chi connectivity index (χ0n) is 11.4. The molecule has 0 aliphatic heterocycles. The Morgan fingerprint density at radius 3 is 2.80 bits per heavy atom. The van der Waals surface area contributed by atoms with Crippen molar-refractivity contribution in [3.05, 3.63) is 53.7 Å². The second-order valence-electron chi connectivity index (χ2n) is 4.62. The molecular formula is C14H15N5O. The highest BCUT2D eigenvalue weighted by Crippen LogP contribution is 2.20. The number of aryl methyl sites for hydroxylation is 2. The van der Waals surface area contributed by atoms with E-state index in [9.17, 15) is 0 Å². The molecule has 6 heteroatoms. The Kier molecular flexibility index (Phi) is 3.20. The molecule has 0 saturated carbocycles. The fraction of sp³-hybridized carbons (Fsp3) is 0.214. The van der Waals surface area contributed by atoms with Crippen molar-refractivity contribution >= 4 is 5.69 Å². The Bertz CT molecular complexity index is 702. The third-order valence-corrected chi connectivity index (χ3v) is 3.08. The third kappa shape index (κ3) is 2.54. The minimum Gasteiger partial charge on any atom is -0.465 e. The van der Waals surface area contributed by atoms with Gasteiger partial charge in [0, 0.05) is 5.69 Å². The van der Waals surface area contributed by atoms with Crippen LogP contribution in [0.2, 0.25) is 0 Å². The van der Waals surface area contributed by atoms with Crippen LogP contribution in [0.5, 0.6) is 0 Å². The predicted molar refractivity (Wildman–Crippen MR) is 74.7 cm³/mol. The Labute approximate surface area is 116 Å². The van der Waals surface area contributed by atoms with Crippen molar-refractivity contribution in [2.45, 2.75) is 20.4 Å². The highest BCUT2D eigenvalue weighted by molar-refractivity contribution is 5.56. The van der Waals surface area contributed by atoms with Gasteiger partial charge in [-0.15, -0.1) is 5.10 Å². The van der Waals surface area contributed by atoms with E-state index in [0.29, 0.717) is 6.54 Å². The summed E-state index contributed by atoms with van der Waals surface area (Å²) in [6, 6.07) is 9.96. The molecule has 3 rings (SSSR count). The van der Waals surface area contributed by atoms with Crippen molar-refractivity contribution in [1.82, 2.24) is 20.2 Å². The molecule has 6 nitrogen and oxygen atoms in total. The summed E-state index contributed by atoms with van der Waals surface area (Å²) in [5.74, 6) is 1.83. The number of nitrogens with one attached hydrogen (secondary N) is 1. The Hall–Kier alpha value is -2.63.